The molecular formula is C15H16O3Zr. The quantitative estimate of drug-likeness (QED) is 0.850. The van der Waals surface area contributed by atoms with Gasteiger partial charge in [-0.15, -0.1) is 0 Å². The molecule has 1 unspecified atom stereocenters. The van der Waals surface area contributed by atoms with Gasteiger partial charge in [0.25, 0.3) is 0 Å². The standard InChI is InChI=1S/C9H7.3C2H3O.Zr/c1-2-5-9-7-3-6-8(9)4-1;3*1-2-3;/h1-7H;3*1H3;. The third-order valence-electron chi connectivity index (χ3n) is 3.93. The summed E-state index contributed by atoms with van der Waals surface area (Å²) in [5.41, 5.74) is 1.97. The Bertz CT molecular complexity index is 565. The Labute approximate surface area is 117 Å². The van der Waals surface area contributed by atoms with E-state index in [0.717, 1.165) is 11.1 Å². The predicted octanol–water partition coefficient (Wildman–Crippen LogP) is 2.55. The van der Waals surface area contributed by atoms with Crippen LogP contribution in [0.25, 0.3) is 6.08 Å². The molecule has 0 bridgehead atoms. The summed E-state index contributed by atoms with van der Waals surface area (Å²) in [7, 11) is 0. The van der Waals surface area contributed by atoms with Crippen molar-refractivity contribution in [1.82, 2.24) is 0 Å². The maximum absolute atomic E-state index is 12.2. The molecule has 0 aliphatic heterocycles. The molecule has 1 aliphatic carbocycles. The number of carbonyl (C=O) groups is 3. The molecule has 1 aliphatic rings. The zero-order valence-corrected chi connectivity index (χ0v) is 13.7. The Kier molecular flexibility index (Phi) is 3.82. The second-order valence-corrected chi connectivity index (χ2v) is 15.6. The van der Waals surface area contributed by atoms with Crippen molar-refractivity contribution in [3.8, 4) is 0 Å². The molecule has 0 saturated heterocycles. The van der Waals surface area contributed by atoms with Crippen molar-refractivity contribution in [2.45, 2.75) is 24.4 Å². The molecule has 1 atom stereocenters. The normalized spacial score (nSPS) is 17.1. The van der Waals surface area contributed by atoms with Crippen LogP contribution in [0.3, 0.4) is 0 Å². The van der Waals surface area contributed by atoms with Crippen LogP contribution in [0.5, 0.6) is 0 Å². The van der Waals surface area contributed by atoms with Crippen LogP contribution in [0.1, 0.15) is 35.5 Å². The summed E-state index contributed by atoms with van der Waals surface area (Å²) >= 11 is -4.25. The molecular weight excluding hydrogens is 319 g/mol. The Hall–Kier alpha value is -1.15. The van der Waals surface area contributed by atoms with E-state index in [0.29, 0.717) is 0 Å². The summed E-state index contributed by atoms with van der Waals surface area (Å²) in [5.74, 6) is 0. The first-order valence-electron chi connectivity index (χ1n) is 6.22. The number of rotatable bonds is 4. The van der Waals surface area contributed by atoms with Crippen LogP contribution in [0.15, 0.2) is 30.3 Å². The average molecular weight is 336 g/mol. The van der Waals surface area contributed by atoms with E-state index in [1.165, 1.54) is 20.8 Å². The van der Waals surface area contributed by atoms with Gasteiger partial charge in [0.05, 0.1) is 0 Å². The summed E-state index contributed by atoms with van der Waals surface area (Å²) in [5, 5.41) is 0. The third kappa shape index (κ3) is 2.02. The maximum atomic E-state index is 12.2. The van der Waals surface area contributed by atoms with Gasteiger partial charge in [-0.2, -0.15) is 0 Å². The molecule has 0 aromatic heterocycles. The van der Waals surface area contributed by atoms with E-state index in [2.05, 4.69) is 0 Å². The molecule has 4 heteroatoms. The fourth-order valence-electron chi connectivity index (χ4n) is 3.03. The molecule has 0 amide bonds. The summed E-state index contributed by atoms with van der Waals surface area (Å²) in [6.45, 7) is 4.23. The van der Waals surface area contributed by atoms with E-state index in [-0.39, 0.29) is 14.1 Å². The molecule has 98 valence electrons. The van der Waals surface area contributed by atoms with Crippen molar-refractivity contribution in [3.05, 3.63) is 41.5 Å². The Morgan fingerprint density at radius 1 is 0.947 bits per heavy atom. The minimum absolute atomic E-state index is 0.180. The number of fused-ring (bicyclic) bond motifs is 1. The summed E-state index contributed by atoms with van der Waals surface area (Å²) < 4.78 is -0.819. The fraction of sp³-hybridized carbons (Fsp3) is 0.267. The third-order valence-corrected chi connectivity index (χ3v) is 15.7. The number of hydrogen-bond donors (Lipinski definition) is 0. The first kappa shape index (κ1) is 14.3. The second-order valence-electron chi connectivity index (χ2n) is 4.94. The Morgan fingerprint density at radius 2 is 1.47 bits per heavy atom. The van der Waals surface area contributed by atoms with Gasteiger partial charge in [0.15, 0.2) is 0 Å². The Balaban J connectivity index is 2.66. The van der Waals surface area contributed by atoms with Gasteiger partial charge in [0.2, 0.25) is 0 Å². The van der Waals surface area contributed by atoms with E-state index >= 15 is 0 Å². The molecule has 2 rings (SSSR count). The van der Waals surface area contributed by atoms with E-state index in [1.54, 1.807) is 0 Å². The fourth-order valence-corrected chi connectivity index (χ4v) is 12.7. The monoisotopic (exact) mass is 334 g/mol. The molecule has 0 N–H and O–H groups in total. The van der Waals surface area contributed by atoms with Crippen LogP contribution in [0.4, 0.5) is 0 Å². The van der Waals surface area contributed by atoms with Crippen LogP contribution in [-0.2, 0) is 34.7 Å². The van der Waals surface area contributed by atoms with E-state index in [9.17, 15) is 14.4 Å². The SMILES string of the molecule is C[C](=O)[Zr]([C](C)=O)([C](C)=O)[CH]1C=Cc2ccccc21. The predicted molar refractivity (Wildman–Crippen MR) is 70.3 cm³/mol. The zero-order valence-electron chi connectivity index (χ0n) is 11.3. The summed E-state index contributed by atoms with van der Waals surface area (Å²) in [6.07, 6.45) is 3.80. The van der Waals surface area contributed by atoms with Gasteiger partial charge in [0.1, 0.15) is 0 Å². The van der Waals surface area contributed by atoms with E-state index < -0.39 is 20.3 Å². The number of hydrogen-bond acceptors (Lipinski definition) is 3. The van der Waals surface area contributed by atoms with Gasteiger partial charge in [-0.25, -0.2) is 0 Å². The molecule has 3 nitrogen and oxygen atoms in total. The van der Waals surface area contributed by atoms with Gasteiger partial charge in [-0.05, 0) is 0 Å². The summed E-state index contributed by atoms with van der Waals surface area (Å²) in [4.78, 5) is 36.5. The van der Waals surface area contributed by atoms with Crippen molar-refractivity contribution >= 4 is 16.5 Å². The molecule has 0 radical (unpaired) electrons. The molecule has 0 saturated carbocycles. The van der Waals surface area contributed by atoms with Crippen LogP contribution < -0.4 is 0 Å². The average Bonchev–Trinajstić information content (AvgIpc) is 2.73. The van der Waals surface area contributed by atoms with Gasteiger partial charge >= 0.3 is 117 Å². The number of allylic oxidation sites excluding steroid dienone is 1. The molecule has 0 heterocycles. The van der Waals surface area contributed by atoms with Gasteiger partial charge < -0.3 is 0 Å². The van der Waals surface area contributed by atoms with Crippen LogP contribution >= 0.6 is 0 Å². The van der Waals surface area contributed by atoms with Crippen molar-refractivity contribution in [2.24, 2.45) is 0 Å². The first-order chi connectivity index (χ1) is 8.92. The number of carbonyl (C=O) groups excluding carboxylic acids is 3. The van der Waals surface area contributed by atoms with Crippen molar-refractivity contribution in [1.29, 1.82) is 0 Å². The zero-order chi connectivity index (χ0) is 14.2. The van der Waals surface area contributed by atoms with Gasteiger partial charge in [-0.3, -0.25) is 0 Å². The first-order valence-corrected chi connectivity index (χ1v) is 11.3. The van der Waals surface area contributed by atoms with Gasteiger partial charge in [0, 0.05) is 0 Å². The number of benzene rings is 1. The molecule has 1 aromatic rings. The van der Waals surface area contributed by atoms with Gasteiger partial charge in [-0.1, -0.05) is 0 Å². The minimum atomic E-state index is -4.25. The van der Waals surface area contributed by atoms with Crippen molar-refractivity contribution < 1.29 is 34.7 Å². The van der Waals surface area contributed by atoms with Crippen molar-refractivity contribution in [3.63, 3.8) is 0 Å². The molecule has 0 fully saturated rings. The van der Waals surface area contributed by atoms with E-state index in [4.69, 9.17) is 0 Å². The topological polar surface area (TPSA) is 51.2 Å². The van der Waals surface area contributed by atoms with E-state index in [1.807, 2.05) is 36.4 Å². The van der Waals surface area contributed by atoms with Crippen LogP contribution in [-0.4, -0.2) is 10.5 Å². The molecule has 19 heavy (non-hydrogen) atoms. The molecule has 1 aromatic carbocycles. The molecule has 0 spiro atoms. The second kappa shape index (κ2) is 5.09. The van der Waals surface area contributed by atoms with Crippen LogP contribution in [0.2, 0.25) is 0 Å². The van der Waals surface area contributed by atoms with Crippen molar-refractivity contribution in [2.75, 3.05) is 0 Å². The summed E-state index contributed by atoms with van der Waals surface area (Å²) in [6, 6.07) is 7.66. The van der Waals surface area contributed by atoms with Crippen LogP contribution in [0, 0.1) is 0 Å². The Morgan fingerprint density at radius 3 is 2.00 bits per heavy atom.